The first-order valence-corrected chi connectivity index (χ1v) is 7.52. The average molecular weight is 314 g/mol. The van der Waals surface area contributed by atoms with E-state index in [1.165, 1.54) is 0 Å². The molecule has 1 aromatic heterocycles. The standard InChI is InChI=1S/C17H16ClN3O/c18-14-6-2-1-5-13(14)11-19-17(22)9-10-21-12-20-15-7-3-4-8-16(15)21/h1-8,12H,9-11H2,(H,19,22). The van der Waals surface area contributed by atoms with Gasteiger partial charge >= 0.3 is 0 Å². The third-order valence-electron chi connectivity index (χ3n) is 3.54. The van der Waals surface area contributed by atoms with Gasteiger partial charge in [0.25, 0.3) is 0 Å². The lowest BCUT2D eigenvalue weighted by Crippen LogP contribution is -2.24. The van der Waals surface area contributed by atoms with Crippen LogP contribution in [0, 0.1) is 0 Å². The molecule has 0 bridgehead atoms. The molecule has 1 N–H and O–H groups in total. The van der Waals surface area contributed by atoms with Gasteiger partial charge in [-0.25, -0.2) is 4.98 Å². The van der Waals surface area contributed by atoms with Gasteiger partial charge in [-0.15, -0.1) is 0 Å². The van der Waals surface area contributed by atoms with Crippen molar-refractivity contribution in [3.05, 3.63) is 65.4 Å². The Morgan fingerprint density at radius 3 is 2.77 bits per heavy atom. The zero-order valence-electron chi connectivity index (χ0n) is 12.0. The van der Waals surface area contributed by atoms with Crippen LogP contribution in [0.15, 0.2) is 54.9 Å². The highest BCUT2D eigenvalue weighted by Crippen LogP contribution is 2.14. The van der Waals surface area contributed by atoms with E-state index in [-0.39, 0.29) is 5.91 Å². The number of halogens is 1. The quantitative estimate of drug-likeness (QED) is 0.785. The van der Waals surface area contributed by atoms with Gasteiger partial charge in [0.1, 0.15) is 0 Å². The van der Waals surface area contributed by atoms with Crippen LogP contribution in [0.25, 0.3) is 11.0 Å². The van der Waals surface area contributed by atoms with Gasteiger partial charge < -0.3 is 9.88 Å². The van der Waals surface area contributed by atoms with E-state index in [1.54, 1.807) is 6.33 Å². The number of para-hydroxylation sites is 2. The van der Waals surface area contributed by atoms with E-state index in [4.69, 9.17) is 11.6 Å². The van der Waals surface area contributed by atoms with E-state index in [2.05, 4.69) is 10.3 Å². The second kappa shape index (κ2) is 6.62. The van der Waals surface area contributed by atoms with Gasteiger partial charge in [0.15, 0.2) is 0 Å². The van der Waals surface area contributed by atoms with Crippen molar-refractivity contribution in [2.24, 2.45) is 0 Å². The molecule has 0 aliphatic rings. The smallest absolute Gasteiger partial charge is 0.222 e. The van der Waals surface area contributed by atoms with Crippen molar-refractivity contribution in [3.63, 3.8) is 0 Å². The summed E-state index contributed by atoms with van der Waals surface area (Å²) in [5.41, 5.74) is 2.91. The minimum Gasteiger partial charge on any atom is -0.352 e. The fraction of sp³-hybridized carbons (Fsp3) is 0.176. The normalized spacial score (nSPS) is 10.8. The highest BCUT2D eigenvalue weighted by atomic mass is 35.5. The Hall–Kier alpha value is -2.33. The second-order valence-electron chi connectivity index (χ2n) is 5.04. The molecule has 1 heterocycles. The van der Waals surface area contributed by atoms with Crippen molar-refractivity contribution in [1.82, 2.24) is 14.9 Å². The Morgan fingerprint density at radius 2 is 1.91 bits per heavy atom. The van der Waals surface area contributed by atoms with Crippen molar-refractivity contribution in [1.29, 1.82) is 0 Å². The molecule has 0 unspecified atom stereocenters. The molecule has 2 aromatic carbocycles. The summed E-state index contributed by atoms with van der Waals surface area (Å²) < 4.78 is 1.99. The molecule has 1 amide bonds. The summed E-state index contributed by atoms with van der Waals surface area (Å²) in [5.74, 6) is -0.00213. The molecule has 0 fully saturated rings. The number of nitrogens with one attached hydrogen (secondary N) is 1. The lowest BCUT2D eigenvalue weighted by molar-refractivity contribution is -0.121. The van der Waals surface area contributed by atoms with Crippen LogP contribution in [0.5, 0.6) is 0 Å². The predicted molar refractivity (Wildman–Crippen MR) is 87.6 cm³/mol. The lowest BCUT2D eigenvalue weighted by atomic mass is 10.2. The molecular weight excluding hydrogens is 298 g/mol. The predicted octanol–water partition coefficient (Wildman–Crippen LogP) is 3.40. The summed E-state index contributed by atoms with van der Waals surface area (Å²) in [4.78, 5) is 16.3. The van der Waals surface area contributed by atoms with Gasteiger partial charge in [0.05, 0.1) is 17.4 Å². The number of imidazole rings is 1. The zero-order valence-corrected chi connectivity index (χ0v) is 12.8. The van der Waals surface area contributed by atoms with E-state index in [0.29, 0.717) is 24.5 Å². The fourth-order valence-electron chi connectivity index (χ4n) is 2.33. The fourth-order valence-corrected chi connectivity index (χ4v) is 2.54. The molecule has 4 nitrogen and oxygen atoms in total. The average Bonchev–Trinajstić information content (AvgIpc) is 2.95. The first-order chi connectivity index (χ1) is 10.7. The molecule has 0 spiro atoms. The third kappa shape index (κ3) is 3.28. The van der Waals surface area contributed by atoms with Crippen molar-refractivity contribution in [2.45, 2.75) is 19.5 Å². The van der Waals surface area contributed by atoms with Crippen LogP contribution in [-0.2, 0) is 17.9 Å². The minimum absolute atomic E-state index is 0.00213. The summed E-state index contributed by atoms with van der Waals surface area (Å²) in [6, 6.07) is 15.4. The molecule has 3 rings (SSSR count). The number of carbonyl (C=O) groups excluding carboxylic acids is 1. The number of rotatable bonds is 5. The maximum Gasteiger partial charge on any atom is 0.222 e. The SMILES string of the molecule is O=C(CCn1cnc2ccccc21)NCc1ccccc1Cl. The maximum absolute atomic E-state index is 12.0. The summed E-state index contributed by atoms with van der Waals surface area (Å²) in [6.07, 6.45) is 2.18. The van der Waals surface area contributed by atoms with Crippen LogP contribution < -0.4 is 5.32 Å². The van der Waals surface area contributed by atoms with Crippen LogP contribution in [0.1, 0.15) is 12.0 Å². The van der Waals surface area contributed by atoms with E-state index < -0.39 is 0 Å². The number of amides is 1. The van der Waals surface area contributed by atoms with Gasteiger partial charge in [-0.2, -0.15) is 0 Å². The number of aromatic nitrogens is 2. The highest BCUT2D eigenvalue weighted by Gasteiger charge is 2.06. The first kappa shape index (κ1) is 14.6. The van der Waals surface area contributed by atoms with Gasteiger partial charge in [0.2, 0.25) is 5.91 Å². The molecule has 112 valence electrons. The Labute approximate surface area is 133 Å². The molecule has 0 aliphatic carbocycles. The number of nitrogens with zero attached hydrogens (tertiary/aromatic N) is 2. The second-order valence-corrected chi connectivity index (χ2v) is 5.45. The van der Waals surface area contributed by atoms with Crippen LogP contribution in [0.4, 0.5) is 0 Å². The van der Waals surface area contributed by atoms with Gasteiger partial charge in [-0.1, -0.05) is 41.9 Å². The van der Waals surface area contributed by atoms with E-state index in [0.717, 1.165) is 16.6 Å². The monoisotopic (exact) mass is 313 g/mol. The molecule has 0 radical (unpaired) electrons. The number of hydrogen-bond acceptors (Lipinski definition) is 2. The van der Waals surface area contributed by atoms with Crippen LogP contribution in [-0.4, -0.2) is 15.5 Å². The number of carbonyl (C=O) groups is 1. The van der Waals surface area contributed by atoms with Gasteiger partial charge in [-0.3, -0.25) is 4.79 Å². The number of fused-ring (bicyclic) bond motifs is 1. The number of aryl methyl sites for hydroxylation is 1. The molecule has 0 aliphatic heterocycles. The van der Waals surface area contributed by atoms with Crippen LogP contribution in [0.2, 0.25) is 5.02 Å². The van der Waals surface area contributed by atoms with E-state index >= 15 is 0 Å². The topological polar surface area (TPSA) is 46.9 Å². The summed E-state index contributed by atoms with van der Waals surface area (Å²) in [6.45, 7) is 1.05. The maximum atomic E-state index is 12.0. The molecule has 0 saturated carbocycles. The molecule has 5 heteroatoms. The van der Waals surface area contributed by atoms with Crippen LogP contribution >= 0.6 is 11.6 Å². The van der Waals surface area contributed by atoms with Gasteiger partial charge in [-0.05, 0) is 23.8 Å². The Kier molecular flexibility index (Phi) is 4.39. The largest absolute Gasteiger partial charge is 0.352 e. The molecule has 22 heavy (non-hydrogen) atoms. The molecular formula is C17H16ClN3O. The molecule has 0 atom stereocenters. The molecule has 0 saturated heterocycles. The Morgan fingerprint density at radius 1 is 1.14 bits per heavy atom. The molecule has 3 aromatic rings. The first-order valence-electron chi connectivity index (χ1n) is 7.14. The third-order valence-corrected chi connectivity index (χ3v) is 3.91. The summed E-state index contributed by atoms with van der Waals surface area (Å²) in [5, 5.41) is 3.56. The van der Waals surface area contributed by atoms with Crippen molar-refractivity contribution >= 4 is 28.5 Å². The number of benzene rings is 2. The summed E-state index contributed by atoms with van der Waals surface area (Å²) in [7, 11) is 0. The van der Waals surface area contributed by atoms with Crippen molar-refractivity contribution < 1.29 is 4.79 Å². The zero-order chi connectivity index (χ0) is 15.4. The summed E-state index contributed by atoms with van der Waals surface area (Å²) >= 11 is 6.07. The van der Waals surface area contributed by atoms with Crippen molar-refractivity contribution in [2.75, 3.05) is 0 Å². The Balaban J connectivity index is 1.55. The van der Waals surface area contributed by atoms with E-state index in [9.17, 15) is 4.79 Å². The van der Waals surface area contributed by atoms with Crippen molar-refractivity contribution in [3.8, 4) is 0 Å². The van der Waals surface area contributed by atoms with Gasteiger partial charge in [0, 0.05) is 24.5 Å². The Bertz CT molecular complexity index is 797. The van der Waals surface area contributed by atoms with Crippen LogP contribution in [0.3, 0.4) is 0 Å². The minimum atomic E-state index is -0.00213. The van der Waals surface area contributed by atoms with E-state index in [1.807, 2.05) is 53.1 Å². The highest BCUT2D eigenvalue weighted by molar-refractivity contribution is 6.31. The number of hydrogen-bond donors (Lipinski definition) is 1. The lowest BCUT2D eigenvalue weighted by Gasteiger charge is -2.08.